The lowest BCUT2D eigenvalue weighted by atomic mass is 10.2. The molecule has 0 saturated carbocycles. The van der Waals surface area contributed by atoms with E-state index in [1.807, 2.05) is 6.08 Å². The van der Waals surface area contributed by atoms with Gasteiger partial charge in [0.1, 0.15) is 0 Å². The number of carbonyl (C=O) groups excluding carboxylic acids is 1. The Kier molecular flexibility index (Phi) is 4.46. The van der Waals surface area contributed by atoms with Crippen molar-refractivity contribution in [2.24, 2.45) is 0 Å². The van der Waals surface area contributed by atoms with E-state index in [1.54, 1.807) is 6.08 Å². The van der Waals surface area contributed by atoms with Gasteiger partial charge in [-0.3, -0.25) is 9.78 Å². The molecule has 2 nitrogen and oxygen atoms in total. The highest BCUT2D eigenvalue weighted by atomic mass is 79.9. The Morgan fingerprint density at radius 1 is 1.57 bits per heavy atom. The fraction of sp³-hybridized carbons (Fsp3) is 0.200. The highest BCUT2D eigenvalue weighted by Gasteiger charge is 2.00. The molecule has 14 heavy (non-hydrogen) atoms. The molecule has 0 atom stereocenters. The molecule has 1 aromatic rings. The van der Waals surface area contributed by atoms with E-state index in [1.165, 1.54) is 6.07 Å². The standard InChI is InChI=1S/C10H9BrFNO/c11-4-2-1-3-9-5-8(7-14)10(12)6-13-9/h1,3,5-7H,2,4H2. The van der Waals surface area contributed by atoms with E-state index in [-0.39, 0.29) is 5.56 Å². The number of alkyl halides is 1. The molecule has 1 aromatic heterocycles. The zero-order chi connectivity index (χ0) is 10.4. The fourth-order valence-corrected chi connectivity index (χ4v) is 1.18. The second kappa shape index (κ2) is 5.65. The fourth-order valence-electron chi connectivity index (χ4n) is 0.920. The zero-order valence-corrected chi connectivity index (χ0v) is 9.00. The van der Waals surface area contributed by atoms with Gasteiger partial charge in [-0.2, -0.15) is 0 Å². The van der Waals surface area contributed by atoms with Crippen molar-refractivity contribution in [2.45, 2.75) is 6.42 Å². The molecule has 1 heterocycles. The van der Waals surface area contributed by atoms with Crippen molar-refractivity contribution in [3.05, 3.63) is 35.4 Å². The third-order valence-corrected chi connectivity index (χ3v) is 2.06. The minimum Gasteiger partial charge on any atom is -0.298 e. The Morgan fingerprint density at radius 2 is 2.36 bits per heavy atom. The number of carbonyl (C=O) groups is 1. The summed E-state index contributed by atoms with van der Waals surface area (Å²) in [5.74, 6) is -0.586. The molecule has 74 valence electrons. The third-order valence-electron chi connectivity index (χ3n) is 1.60. The number of aromatic nitrogens is 1. The average Bonchev–Trinajstić information content (AvgIpc) is 2.21. The summed E-state index contributed by atoms with van der Waals surface area (Å²) in [6, 6.07) is 1.42. The maximum atomic E-state index is 12.8. The molecule has 0 spiro atoms. The first kappa shape index (κ1) is 11.0. The third kappa shape index (κ3) is 3.03. The molecule has 0 aliphatic heterocycles. The highest BCUT2D eigenvalue weighted by molar-refractivity contribution is 9.09. The molecule has 0 unspecified atom stereocenters. The summed E-state index contributed by atoms with van der Waals surface area (Å²) >= 11 is 3.27. The maximum absolute atomic E-state index is 12.8. The lowest BCUT2D eigenvalue weighted by molar-refractivity contribution is 0.111. The van der Waals surface area contributed by atoms with E-state index in [0.29, 0.717) is 12.0 Å². The number of aldehydes is 1. The van der Waals surface area contributed by atoms with Crippen molar-refractivity contribution >= 4 is 28.3 Å². The normalized spacial score (nSPS) is 10.7. The summed E-state index contributed by atoms with van der Waals surface area (Å²) in [4.78, 5) is 14.2. The molecule has 4 heteroatoms. The van der Waals surface area contributed by atoms with Crippen molar-refractivity contribution < 1.29 is 9.18 Å². The van der Waals surface area contributed by atoms with Gasteiger partial charge in [-0.05, 0) is 18.6 Å². The van der Waals surface area contributed by atoms with Gasteiger partial charge in [0, 0.05) is 5.33 Å². The Hall–Kier alpha value is -1.03. The molecular weight excluding hydrogens is 249 g/mol. The largest absolute Gasteiger partial charge is 0.298 e. The van der Waals surface area contributed by atoms with Gasteiger partial charge in [0.15, 0.2) is 12.1 Å². The molecule has 0 bridgehead atoms. The van der Waals surface area contributed by atoms with Crippen molar-refractivity contribution in [1.82, 2.24) is 4.98 Å². The van der Waals surface area contributed by atoms with Gasteiger partial charge < -0.3 is 0 Å². The molecule has 0 aromatic carbocycles. The topological polar surface area (TPSA) is 30.0 Å². The van der Waals surface area contributed by atoms with Crippen LogP contribution in [0.1, 0.15) is 22.5 Å². The van der Waals surface area contributed by atoms with Gasteiger partial charge in [0.05, 0.1) is 17.5 Å². The summed E-state index contributed by atoms with van der Waals surface area (Å²) in [6.45, 7) is 0. The molecule has 0 aliphatic rings. The van der Waals surface area contributed by atoms with Gasteiger partial charge >= 0.3 is 0 Å². The quantitative estimate of drug-likeness (QED) is 0.614. The summed E-state index contributed by atoms with van der Waals surface area (Å²) in [5, 5.41) is 0.866. The number of pyridine rings is 1. The van der Waals surface area contributed by atoms with Gasteiger partial charge in [-0.25, -0.2) is 4.39 Å². The van der Waals surface area contributed by atoms with Crippen LogP contribution in [0, 0.1) is 5.82 Å². The van der Waals surface area contributed by atoms with Crippen LogP contribution in [-0.2, 0) is 0 Å². The van der Waals surface area contributed by atoms with Crippen LogP contribution in [0.2, 0.25) is 0 Å². The molecule has 0 amide bonds. The summed E-state index contributed by atoms with van der Waals surface area (Å²) in [5.41, 5.74) is 0.632. The molecule has 0 aliphatic carbocycles. The smallest absolute Gasteiger partial charge is 0.153 e. The summed E-state index contributed by atoms with van der Waals surface area (Å²) in [7, 11) is 0. The van der Waals surface area contributed by atoms with Gasteiger partial charge in [0.25, 0.3) is 0 Å². The molecular formula is C10H9BrFNO. The monoisotopic (exact) mass is 257 g/mol. The first-order valence-corrected chi connectivity index (χ1v) is 5.23. The van der Waals surface area contributed by atoms with Crippen molar-refractivity contribution in [2.75, 3.05) is 5.33 Å². The average molecular weight is 258 g/mol. The predicted octanol–water partition coefficient (Wildman–Crippen LogP) is 2.83. The van der Waals surface area contributed by atoms with Crippen LogP contribution in [0.15, 0.2) is 18.3 Å². The van der Waals surface area contributed by atoms with E-state index >= 15 is 0 Å². The van der Waals surface area contributed by atoms with Crippen LogP contribution >= 0.6 is 15.9 Å². The Labute approximate surface area is 90.0 Å². The lowest BCUT2D eigenvalue weighted by Gasteiger charge is -1.95. The van der Waals surface area contributed by atoms with Crippen LogP contribution in [0.4, 0.5) is 4.39 Å². The van der Waals surface area contributed by atoms with E-state index < -0.39 is 5.82 Å². The van der Waals surface area contributed by atoms with E-state index in [0.717, 1.165) is 17.9 Å². The molecule has 1 rings (SSSR count). The number of allylic oxidation sites excluding steroid dienone is 1. The SMILES string of the molecule is O=Cc1cc(C=CCCBr)ncc1F. The van der Waals surface area contributed by atoms with Crippen LogP contribution in [0.5, 0.6) is 0 Å². The zero-order valence-electron chi connectivity index (χ0n) is 7.41. The number of nitrogens with zero attached hydrogens (tertiary/aromatic N) is 1. The van der Waals surface area contributed by atoms with E-state index in [4.69, 9.17) is 0 Å². The Bertz CT molecular complexity index is 352. The maximum Gasteiger partial charge on any atom is 0.153 e. The van der Waals surface area contributed by atoms with E-state index in [2.05, 4.69) is 20.9 Å². The second-order valence-corrected chi connectivity index (χ2v) is 3.42. The number of hydrogen-bond donors (Lipinski definition) is 0. The first-order chi connectivity index (χ1) is 6.77. The predicted molar refractivity (Wildman–Crippen MR) is 57.0 cm³/mol. The van der Waals surface area contributed by atoms with E-state index in [9.17, 15) is 9.18 Å². The Morgan fingerprint density at radius 3 is 3.00 bits per heavy atom. The van der Waals surface area contributed by atoms with Crippen LogP contribution in [0.25, 0.3) is 6.08 Å². The van der Waals surface area contributed by atoms with Crippen LogP contribution < -0.4 is 0 Å². The van der Waals surface area contributed by atoms with Gasteiger partial charge in [0.2, 0.25) is 0 Å². The molecule has 0 fully saturated rings. The number of rotatable bonds is 4. The first-order valence-electron chi connectivity index (χ1n) is 4.11. The molecule has 0 saturated heterocycles. The molecule has 0 N–H and O–H groups in total. The number of halogens is 2. The molecule has 0 radical (unpaired) electrons. The lowest BCUT2D eigenvalue weighted by Crippen LogP contribution is -1.91. The van der Waals surface area contributed by atoms with Crippen molar-refractivity contribution in [3.63, 3.8) is 0 Å². The van der Waals surface area contributed by atoms with Gasteiger partial charge in [-0.1, -0.05) is 22.0 Å². The van der Waals surface area contributed by atoms with Gasteiger partial charge in [-0.15, -0.1) is 0 Å². The number of hydrogen-bond acceptors (Lipinski definition) is 2. The van der Waals surface area contributed by atoms with Crippen LogP contribution in [-0.4, -0.2) is 16.6 Å². The minimum absolute atomic E-state index is 0.0403. The minimum atomic E-state index is -0.586. The summed E-state index contributed by atoms with van der Waals surface area (Å²) in [6.07, 6.45) is 6.07. The van der Waals surface area contributed by atoms with Crippen LogP contribution in [0.3, 0.4) is 0 Å². The van der Waals surface area contributed by atoms with Crippen molar-refractivity contribution in [3.8, 4) is 0 Å². The summed E-state index contributed by atoms with van der Waals surface area (Å²) < 4.78 is 12.8. The van der Waals surface area contributed by atoms with Crippen molar-refractivity contribution in [1.29, 1.82) is 0 Å². The Balaban J connectivity index is 2.84. The highest BCUT2D eigenvalue weighted by Crippen LogP contribution is 2.07. The second-order valence-electron chi connectivity index (χ2n) is 2.63.